The summed E-state index contributed by atoms with van der Waals surface area (Å²) in [6, 6.07) is 8.72. The third-order valence-electron chi connectivity index (χ3n) is 7.41. The normalized spacial score (nSPS) is 16.3. The predicted molar refractivity (Wildman–Crippen MR) is 143 cm³/mol. The number of carboxylic acid groups (broad SMARTS) is 1. The first kappa shape index (κ1) is 28.0. The van der Waals surface area contributed by atoms with E-state index in [2.05, 4.69) is 15.2 Å². The number of methoxy groups -OCH3 is 1. The van der Waals surface area contributed by atoms with Crippen LogP contribution in [-0.2, 0) is 4.79 Å². The van der Waals surface area contributed by atoms with Crippen molar-refractivity contribution in [1.29, 1.82) is 0 Å². The number of nitrogens with one attached hydrogen (secondary N) is 1. The molecule has 1 saturated heterocycles. The zero-order chi connectivity index (χ0) is 27.3. The van der Waals surface area contributed by atoms with Crippen LogP contribution in [0.25, 0.3) is 10.9 Å². The predicted octanol–water partition coefficient (Wildman–Crippen LogP) is 5.66. The number of ether oxygens (including phenoxy) is 1. The molecule has 2 heterocycles. The number of aliphatic hydroxyl groups is 1. The van der Waals surface area contributed by atoms with E-state index < -0.39 is 29.1 Å². The molecule has 38 heavy (non-hydrogen) atoms. The van der Waals surface area contributed by atoms with Gasteiger partial charge >= 0.3 is 5.97 Å². The largest absolute Gasteiger partial charge is 0.497 e. The van der Waals surface area contributed by atoms with Gasteiger partial charge in [0.15, 0.2) is 0 Å². The lowest BCUT2D eigenvalue weighted by molar-refractivity contribution is -0.141. The number of benzene rings is 2. The van der Waals surface area contributed by atoms with Crippen LogP contribution in [0.2, 0.25) is 5.02 Å². The summed E-state index contributed by atoms with van der Waals surface area (Å²) in [4.78, 5) is 18.3. The second-order valence-electron chi connectivity index (χ2n) is 9.95. The van der Waals surface area contributed by atoms with Gasteiger partial charge in [0.05, 0.1) is 30.2 Å². The number of carbonyl (C=O) groups is 1. The number of fused-ring (bicyclic) bond motifs is 1. The smallest absolute Gasteiger partial charge is 0.303 e. The first-order valence-electron chi connectivity index (χ1n) is 12.6. The number of aliphatic hydroxyl groups excluding tert-OH is 1. The van der Waals surface area contributed by atoms with E-state index in [1.165, 1.54) is 18.3 Å². The zero-order valence-corrected chi connectivity index (χ0v) is 22.0. The van der Waals surface area contributed by atoms with Crippen LogP contribution in [0.5, 0.6) is 5.75 Å². The third kappa shape index (κ3) is 6.89. The Hall–Kier alpha value is -3.01. The van der Waals surface area contributed by atoms with E-state index in [0.717, 1.165) is 6.07 Å². The SMILES string of the molecule is COc1ccc2ncc(Cl)c([C@H](O)CCC3(CC(=O)O)CCN(CCNc4cc(F)cc(F)c4)CC3)c2c1. The summed E-state index contributed by atoms with van der Waals surface area (Å²) in [7, 11) is 1.56. The summed E-state index contributed by atoms with van der Waals surface area (Å²) in [5.74, 6) is -1.50. The lowest BCUT2D eigenvalue weighted by Crippen LogP contribution is -2.43. The lowest BCUT2D eigenvalue weighted by atomic mass is 9.71. The van der Waals surface area contributed by atoms with Gasteiger partial charge in [-0.1, -0.05) is 11.6 Å². The molecule has 1 aliphatic heterocycles. The molecule has 3 aromatic rings. The van der Waals surface area contributed by atoms with Crippen molar-refractivity contribution >= 4 is 34.2 Å². The molecule has 1 fully saturated rings. The van der Waals surface area contributed by atoms with Crippen LogP contribution < -0.4 is 10.1 Å². The van der Waals surface area contributed by atoms with Crippen LogP contribution in [-0.4, -0.2) is 59.4 Å². The molecule has 0 unspecified atom stereocenters. The van der Waals surface area contributed by atoms with Crippen molar-refractivity contribution in [2.45, 2.75) is 38.2 Å². The van der Waals surface area contributed by atoms with Gasteiger partial charge in [0.2, 0.25) is 0 Å². The maximum Gasteiger partial charge on any atom is 0.303 e. The molecule has 10 heteroatoms. The van der Waals surface area contributed by atoms with Gasteiger partial charge in [0.1, 0.15) is 17.4 Å². The highest BCUT2D eigenvalue weighted by Gasteiger charge is 2.37. The fourth-order valence-corrected chi connectivity index (χ4v) is 5.60. The van der Waals surface area contributed by atoms with Crippen molar-refractivity contribution in [1.82, 2.24) is 9.88 Å². The average Bonchev–Trinajstić information content (AvgIpc) is 2.87. The van der Waals surface area contributed by atoms with E-state index in [0.29, 0.717) is 84.8 Å². The monoisotopic (exact) mass is 547 g/mol. The molecular weight excluding hydrogens is 516 g/mol. The Labute approximate surface area is 225 Å². The maximum absolute atomic E-state index is 13.4. The number of halogens is 3. The number of rotatable bonds is 11. The van der Waals surface area contributed by atoms with Crippen LogP contribution in [0.15, 0.2) is 42.6 Å². The molecule has 0 aliphatic carbocycles. The van der Waals surface area contributed by atoms with Crippen LogP contribution in [0.4, 0.5) is 14.5 Å². The Balaban J connectivity index is 1.38. The molecule has 2 aromatic carbocycles. The highest BCUT2D eigenvalue weighted by atomic mass is 35.5. The number of aromatic nitrogens is 1. The summed E-state index contributed by atoms with van der Waals surface area (Å²) < 4.78 is 32.1. The Bertz CT molecular complexity index is 1260. The van der Waals surface area contributed by atoms with Gasteiger partial charge in [-0.15, -0.1) is 0 Å². The highest BCUT2D eigenvalue weighted by molar-refractivity contribution is 6.32. The summed E-state index contributed by atoms with van der Waals surface area (Å²) in [6.45, 7) is 2.55. The van der Waals surface area contributed by atoms with Crippen LogP contribution >= 0.6 is 11.6 Å². The minimum Gasteiger partial charge on any atom is -0.497 e. The van der Waals surface area contributed by atoms with Crippen molar-refractivity contribution in [3.05, 3.63) is 64.8 Å². The van der Waals surface area contributed by atoms with Gasteiger partial charge in [-0.25, -0.2) is 8.78 Å². The Kier molecular flexibility index (Phi) is 9.02. The van der Waals surface area contributed by atoms with E-state index in [4.69, 9.17) is 16.3 Å². The Morgan fingerprint density at radius 1 is 1.21 bits per heavy atom. The molecule has 0 saturated carbocycles. The molecule has 0 radical (unpaired) electrons. The Morgan fingerprint density at radius 2 is 1.92 bits per heavy atom. The number of carboxylic acids is 1. The third-order valence-corrected chi connectivity index (χ3v) is 7.71. The van der Waals surface area contributed by atoms with Crippen molar-refractivity contribution in [3.63, 3.8) is 0 Å². The second kappa shape index (κ2) is 12.2. The number of pyridine rings is 1. The molecule has 3 N–H and O–H groups in total. The minimum absolute atomic E-state index is 0.0209. The van der Waals surface area contributed by atoms with Gasteiger partial charge in [-0.3, -0.25) is 9.78 Å². The quantitative estimate of drug-likeness (QED) is 0.285. The number of hydrogen-bond acceptors (Lipinski definition) is 6. The van der Waals surface area contributed by atoms with Gasteiger partial charge < -0.3 is 25.2 Å². The summed E-state index contributed by atoms with van der Waals surface area (Å²) in [5.41, 5.74) is 1.19. The fraction of sp³-hybridized carbons (Fsp3) is 0.429. The summed E-state index contributed by atoms with van der Waals surface area (Å²) >= 11 is 6.45. The summed E-state index contributed by atoms with van der Waals surface area (Å²) in [6.07, 6.45) is 2.87. The van der Waals surface area contributed by atoms with Gasteiger partial charge in [0, 0.05) is 42.0 Å². The molecule has 0 bridgehead atoms. The first-order valence-corrected chi connectivity index (χ1v) is 13.0. The number of nitrogens with zero attached hydrogens (tertiary/aromatic N) is 2. The lowest BCUT2D eigenvalue weighted by Gasteiger charge is -2.41. The van der Waals surface area contributed by atoms with E-state index in [-0.39, 0.29) is 6.42 Å². The van der Waals surface area contributed by atoms with Crippen molar-refractivity contribution in [2.24, 2.45) is 5.41 Å². The number of hydrogen-bond donors (Lipinski definition) is 3. The second-order valence-corrected chi connectivity index (χ2v) is 10.4. The molecule has 204 valence electrons. The van der Waals surface area contributed by atoms with Crippen molar-refractivity contribution in [3.8, 4) is 5.75 Å². The number of likely N-dealkylation sites (tertiary alicyclic amines) is 1. The number of aliphatic carboxylic acids is 1. The molecule has 1 aliphatic rings. The van der Waals surface area contributed by atoms with Crippen molar-refractivity contribution in [2.75, 3.05) is 38.6 Å². The molecule has 1 atom stereocenters. The van der Waals surface area contributed by atoms with E-state index in [1.54, 1.807) is 19.2 Å². The molecule has 0 amide bonds. The molecular formula is C28H32ClF2N3O4. The molecule has 7 nitrogen and oxygen atoms in total. The zero-order valence-electron chi connectivity index (χ0n) is 21.2. The Morgan fingerprint density at radius 3 is 2.58 bits per heavy atom. The van der Waals surface area contributed by atoms with E-state index in [9.17, 15) is 23.8 Å². The van der Waals surface area contributed by atoms with Gasteiger partial charge in [-0.05, 0) is 74.5 Å². The van der Waals surface area contributed by atoms with Gasteiger partial charge in [0.25, 0.3) is 0 Å². The average molecular weight is 548 g/mol. The molecule has 4 rings (SSSR count). The molecule has 0 spiro atoms. The first-order chi connectivity index (χ1) is 18.2. The highest BCUT2D eigenvalue weighted by Crippen LogP contribution is 2.43. The number of piperidine rings is 1. The van der Waals surface area contributed by atoms with E-state index >= 15 is 0 Å². The minimum atomic E-state index is -0.889. The van der Waals surface area contributed by atoms with Crippen LogP contribution in [0, 0.1) is 17.0 Å². The van der Waals surface area contributed by atoms with Crippen LogP contribution in [0.1, 0.15) is 43.8 Å². The van der Waals surface area contributed by atoms with Crippen molar-refractivity contribution < 1.29 is 28.5 Å². The fourth-order valence-electron chi connectivity index (χ4n) is 5.32. The standard InChI is InChI=1S/C28H32ClF2N3O4/c1-38-21-2-3-24-22(15-21)27(23(29)17-33-24)25(35)4-5-28(16-26(36)37)6-9-34(10-7-28)11-8-32-20-13-18(30)12-19(31)14-20/h2-3,12-15,17,25,32,35H,4-11,16H2,1H3,(H,36,37)/t25-/m1/s1. The number of anilines is 1. The topological polar surface area (TPSA) is 94.9 Å². The van der Waals surface area contributed by atoms with Crippen LogP contribution in [0.3, 0.4) is 0 Å². The summed E-state index contributed by atoms with van der Waals surface area (Å²) in [5, 5.41) is 24.9. The maximum atomic E-state index is 13.4. The molecule has 1 aromatic heterocycles. The van der Waals surface area contributed by atoms with E-state index in [1.807, 2.05) is 6.07 Å². The van der Waals surface area contributed by atoms with Gasteiger partial charge in [-0.2, -0.15) is 0 Å².